The van der Waals surface area contributed by atoms with Gasteiger partial charge >= 0.3 is 0 Å². The van der Waals surface area contributed by atoms with Crippen LogP contribution in [0.25, 0.3) is 11.0 Å². The zero-order valence-corrected chi connectivity index (χ0v) is 27.5. The summed E-state index contributed by atoms with van der Waals surface area (Å²) in [7, 11) is 0. The summed E-state index contributed by atoms with van der Waals surface area (Å²) in [5.74, 6) is -3.70. The van der Waals surface area contributed by atoms with Crippen molar-refractivity contribution in [3.8, 4) is 0 Å². The predicted molar refractivity (Wildman–Crippen MR) is 176 cm³/mol. The number of fused-ring (bicyclic) bond motifs is 1. The maximum Gasteiger partial charge on any atom is 0.248 e. The zero-order valence-electron chi connectivity index (χ0n) is 27.5. The molecule has 0 saturated heterocycles. The first kappa shape index (κ1) is 35.2. The van der Waals surface area contributed by atoms with E-state index in [4.69, 9.17) is 4.98 Å². The predicted octanol–water partition coefficient (Wildman–Crippen LogP) is 9.00. The molecule has 252 valence electrons. The Morgan fingerprint density at radius 1 is 0.783 bits per heavy atom. The second-order valence-corrected chi connectivity index (χ2v) is 13.9. The van der Waals surface area contributed by atoms with Crippen molar-refractivity contribution in [2.45, 2.75) is 110 Å². The zero-order chi connectivity index (χ0) is 33.7. The van der Waals surface area contributed by atoms with E-state index in [0.29, 0.717) is 43.8 Å². The van der Waals surface area contributed by atoms with Gasteiger partial charge in [-0.05, 0) is 80.0 Å². The molecule has 5 rings (SSSR count). The Morgan fingerprint density at radius 2 is 1.26 bits per heavy atom. The second-order valence-electron chi connectivity index (χ2n) is 13.9. The summed E-state index contributed by atoms with van der Waals surface area (Å²) in [5.41, 5.74) is 4.05. The van der Waals surface area contributed by atoms with Gasteiger partial charge < -0.3 is 20.5 Å². The van der Waals surface area contributed by atoms with Gasteiger partial charge in [0.05, 0.1) is 11.0 Å². The first-order valence-corrected chi connectivity index (χ1v) is 16.2. The number of rotatable bonds is 7. The van der Waals surface area contributed by atoms with Crippen LogP contribution in [0.1, 0.15) is 91.8 Å². The van der Waals surface area contributed by atoms with Gasteiger partial charge in [0, 0.05) is 75.1 Å². The number of hydrogen-bond donors (Lipinski definition) is 3. The fourth-order valence-electron chi connectivity index (χ4n) is 6.15. The van der Waals surface area contributed by atoms with Crippen LogP contribution in [0.15, 0.2) is 42.5 Å². The summed E-state index contributed by atoms with van der Waals surface area (Å²) in [5, 5.41) is 8.74. The maximum absolute atomic E-state index is 13.5. The van der Waals surface area contributed by atoms with Crippen LogP contribution < -0.4 is 16.0 Å². The molecular weight excluding hydrogens is 598 g/mol. The Hall–Kier alpha value is -3.63. The molecule has 11 heteroatoms. The first-order chi connectivity index (χ1) is 21.5. The number of nitrogens with one attached hydrogen (secondary N) is 3. The lowest BCUT2D eigenvalue weighted by Gasteiger charge is -2.30. The Morgan fingerprint density at radius 3 is 1.78 bits per heavy atom. The highest BCUT2D eigenvalue weighted by molar-refractivity contribution is 5.91. The van der Waals surface area contributed by atoms with E-state index >= 15 is 0 Å². The molecule has 0 radical (unpaired) electrons. The number of alkyl halides is 4. The van der Waals surface area contributed by atoms with E-state index < -0.39 is 11.8 Å². The number of nitrogens with zero attached hydrogens (tertiary/aromatic N) is 2. The van der Waals surface area contributed by atoms with E-state index in [1.165, 1.54) is 13.8 Å². The van der Waals surface area contributed by atoms with Crippen LogP contribution in [-0.4, -0.2) is 39.8 Å². The van der Waals surface area contributed by atoms with Crippen LogP contribution in [-0.2, 0) is 21.5 Å². The van der Waals surface area contributed by atoms with E-state index in [2.05, 4.69) is 41.3 Å². The number of hydrogen-bond acceptors (Lipinski definition) is 4. The smallest absolute Gasteiger partial charge is 0.248 e. The Balaban J connectivity index is 0.000000216. The molecule has 0 unspecified atom stereocenters. The highest BCUT2D eigenvalue weighted by atomic mass is 19.3. The third-order valence-electron chi connectivity index (χ3n) is 8.65. The summed E-state index contributed by atoms with van der Waals surface area (Å²) < 4.78 is 55.2. The number of benzene rings is 2. The summed E-state index contributed by atoms with van der Waals surface area (Å²) in [6.45, 7) is 10.7. The standard InChI is InChI=1S/C20H27F2N3O.C15H20F2N2O/c1-13(26)23-15-5-6-17-16(11-15)24-18(19(2,3)4)25(17)12-14-7-9-20(21,22)10-8-14;1-11(20)19-14-4-2-13(3-5-14)18-10-12-6-8-15(16,17)9-7-12/h5-6,11,14H,7-10,12H2,1-4H3,(H,23,26);2-5,12,18H,6-10H2,1H3,(H,19,20). The number of halogens is 4. The number of aromatic nitrogens is 2. The molecule has 2 aromatic carbocycles. The lowest BCUT2D eigenvalue weighted by Crippen LogP contribution is -2.28. The third kappa shape index (κ3) is 10.2. The van der Waals surface area contributed by atoms with Crippen LogP contribution in [0.3, 0.4) is 0 Å². The van der Waals surface area contributed by atoms with Gasteiger partial charge in [-0.3, -0.25) is 9.59 Å². The molecule has 3 aromatic rings. The van der Waals surface area contributed by atoms with Crippen LogP contribution in [0.2, 0.25) is 0 Å². The topological polar surface area (TPSA) is 88.1 Å². The molecule has 0 spiro atoms. The van der Waals surface area contributed by atoms with Gasteiger partial charge in [0.1, 0.15) is 5.82 Å². The van der Waals surface area contributed by atoms with Gasteiger partial charge in [-0.25, -0.2) is 22.5 Å². The summed E-state index contributed by atoms with van der Waals surface area (Å²) >= 11 is 0. The average molecular weight is 646 g/mol. The molecule has 2 aliphatic carbocycles. The van der Waals surface area contributed by atoms with Gasteiger partial charge in [-0.2, -0.15) is 0 Å². The van der Waals surface area contributed by atoms with Crippen molar-refractivity contribution in [1.29, 1.82) is 0 Å². The van der Waals surface area contributed by atoms with Crippen LogP contribution >= 0.6 is 0 Å². The van der Waals surface area contributed by atoms with Crippen LogP contribution in [0.5, 0.6) is 0 Å². The SMILES string of the molecule is CC(=O)Nc1ccc(NCC2CCC(F)(F)CC2)cc1.CC(=O)Nc1ccc2c(c1)nc(C(C)(C)C)n2CC1CCC(F)(F)CC1. The van der Waals surface area contributed by atoms with Gasteiger partial charge in [0.2, 0.25) is 23.7 Å². The molecule has 1 heterocycles. The normalized spacial score (nSPS) is 18.4. The molecule has 3 N–H and O–H groups in total. The second kappa shape index (κ2) is 14.4. The summed E-state index contributed by atoms with van der Waals surface area (Å²) in [4.78, 5) is 27.0. The first-order valence-electron chi connectivity index (χ1n) is 16.2. The molecular formula is C35H47F4N5O2. The number of carbonyl (C=O) groups is 2. The van der Waals surface area contributed by atoms with E-state index in [0.717, 1.165) is 34.8 Å². The van der Waals surface area contributed by atoms with Crippen LogP contribution in [0.4, 0.5) is 34.6 Å². The minimum absolute atomic E-state index is 0.000810. The number of imidazole rings is 1. The van der Waals surface area contributed by atoms with Crippen molar-refractivity contribution in [2.75, 3.05) is 22.5 Å². The van der Waals surface area contributed by atoms with Crippen molar-refractivity contribution in [2.24, 2.45) is 11.8 Å². The molecule has 7 nitrogen and oxygen atoms in total. The van der Waals surface area contributed by atoms with E-state index in [1.807, 2.05) is 42.5 Å². The van der Waals surface area contributed by atoms with Crippen molar-refractivity contribution in [3.63, 3.8) is 0 Å². The largest absolute Gasteiger partial charge is 0.385 e. The molecule has 0 atom stereocenters. The fourth-order valence-corrected chi connectivity index (χ4v) is 6.15. The van der Waals surface area contributed by atoms with Crippen molar-refractivity contribution in [1.82, 2.24) is 9.55 Å². The fraction of sp³-hybridized carbons (Fsp3) is 0.571. The Bertz CT molecular complexity index is 1480. The maximum atomic E-state index is 13.5. The van der Waals surface area contributed by atoms with E-state index in [-0.39, 0.29) is 48.8 Å². The molecule has 1 aromatic heterocycles. The highest BCUT2D eigenvalue weighted by Crippen LogP contribution is 2.39. The molecule has 0 bridgehead atoms. The Labute approximate surface area is 268 Å². The van der Waals surface area contributed by atoms with Crippen molar-refractivity contribution < 1.29 is 27.2 Å². The minimum Gasteiger partial charge on any atom is -0.385 e. The summed E-state index contributed by atoms with van der Waals surface area (Å²) in [6.07, 6.45) is 2.18. The molecule has 2 aliphatic rings. The van der Waals surface area contributed by atoms with Gasteiger partial charge in [-0.1, -0.05) is 20.8 Å². The molecule has 0 aliphatic heterocycles. The highest BCUT2D eigenvalue weighted by Gasteiger charge is 2.36. The van der Waals surface area contributed by atoms with Crippen LogP contribution in [0, 0.1) is 11.8 Å². The summed E-state index contributed by atoms with van der Waals surface area (Å²) in [6, 6.07) is 13.1. The van der Waals surface area contributed by atoms with Crippen molar-refractivity contribution >= 4 is 39.9 Å². The minimum atomic E-state index is -2.51. The molecule has 46 heavy (non-hydrogen) atoms. The monoisotopic (exact) mass is 645 g/mol. The molecule has 2 amide bonds. The number of carbonyl (C=O) groups excluding carboxylic acids is 2. The lowest BCUT2D eigenvalue weighted by molar-refractivity contribution is -0.115. The van der Waals surface area contributed by atoms with Gasteiger partial charge in [0.25, 0.3) is 0 Å². The van der Waals surface area contributed by atoms with Crippen molar-refractivity contribution in [3.05, 3.63) is 48.3 Å². The number of anilines is 3. The number of amides is 2. The lowest BCUT2D eigenvalue weighted by atomic mass is 9.86. The van der Waals surface area contributed by atoms with E-state index in [9.17, 15) is 27.2 Å². The Kier molecular flexibility index (Phi) is 11.0. The average Bonchev–Trinajstić information content (AvgIpc) is 3.32. The van der Waals surface area contributed by atoms with Gasteiger partial charge in [0.15, 0.2) is 0 Å². The van der Waals surface area contributed by atoms with E-state index in [1.54, 1.807) is 0 Å². The molecule has 2 fully saturated rings. The third-order valence-corrected chi connectivity index (χ3v) is 8.65. The molecule has 2 saturated carbocycles. The quantitative estimate of drug-likeness (QED) is 0.224. The van der Waals surface area contributed by atoms with Gasteiger partial charge in [-0.15, -0.1) is 0 Å².